The highest BCUT2D eigenvalue weighted by molar-refractivity contribution is 6.00. The van der Waals surface area contributed by atoms with Gasteiger partial charge >= 0.3 is 12.0 Å². The first-order valence-corrected chi connectivity index (χ1v) is 7.55. The SMILES string of the molecule is CC(C)COC(=O)c1ccc(NC(=O)Nc2ccc(F)cc2)cc1. The monoisotopic (exact) mass is 330 g/mol. The molecule has 0 spiro atoms. The number of anilines is 2. The third kappa shape index (κ3) is 5.39. The molecule has 0 fully saturated rings. The van der Waals surface area contributed by atoms with E-state index in [1.807, 2.05) is 13.8 Å². The second-order valence-corrected chi connectivity index (χ2v) is 5.66. The molecular formula is C18H19FN2O3. The molecule has 5 nitrogen and oxygen atoms in total. The van der Waals surface area contributed by atoms with Crippen LogP contribution in [0.15, 0.2) is 48.5 Å². The number of hydrogen-bond donors (Lipinski definition) is 2. The maximum atomic E-state index is 12.8. The molecule has 0 aromatic heterocycles. The predicted molar refractivity (Wildman–Crippen MR) is 90.6 cm³/mol. The van der Waals surface area contributed by atoms with Crippen LogP contribution in [-0.2, 0) is 4.74 Å². The summed E-state index contributed by atoms with van der Waals surface area (Å²) in [7, 11) is 0. The second kappa shape index (κ2) is 8.10. The smallest absolute Gasteiger partial charge is 0.338 e. The normalized spacial score (nSPS) is 10.3. The van der Waals surface area contributed by atoms with E-state index in [2.05, 4.69) is 10.6 Å². The quantitative estimate of drug-likeness (QED) is 0.804. The van der Waals surface area contributed by atoms with Gasteiger partial charge in [0.25, 0.3) is 0 Å². The van der Waals surface area contributed by atoms with Crippen LogP contribution < -0.4 is 10.6 Å². The molecule has 0 saturated heterocycles. The summed E-state index contributed by atoms with van der Waals surface area (Å²) in [6.45, 7) is 4.28. The number of esters is 1. The van der Waals surface area contributed by atoms with Crippen LogP contribution in [0.25, 0.3) is 0 Å². The van der Waals surface area contributed by atoms with Crippen LogP contribution in [0.1, 0.15) is 24.2 Å². The van der Waals surface area contributed by atoms with E-state index in [0.717, 1.165) is 0 Å². The lowest BCUT2D eigenvalue weighted by molar-refractivity contribution is 0.0459. The Balaban J connectivity index is 1.89. The number of benzene rings is 2. The molecule has 24 heavy (non-hydrogen) atoms. The molecule has 6 heteroatoms. The van der Waals surface area contributed by atoms with Gasteiger partial charge in [-0.1, -0.05) is 13.8 Å². The molecule has 0 radical (unpaired) electrons. The molecule has 0 bridgehead atoms. The average molecular weight is 330 g/mol. The van der Waals surface area contributed by atoms with Gasteiger partial charge in [0, 0.05) is 11.4 Å². The van der Waals surface area contributed by atoms with Gasteiger partial charge in [0.05, 0.1) is 12.2 Å². The van der Waals surface area contributed by atoms with Crippen molar-refractivity contribution in [2.45, 2.75) is 13.8 Å². The van der Waals surface area contributed by atoms with E-state index in [1.54, 1.807) is 24.3 Å². The summed E-state index contributed by atoms with van der Waals surface area (Å²) in [6.07, 6.45) is 0. The Morgan fingerprint density at radius 3 is 1.96 bits per heavy atom. The third-order valence-electron chi connectivity index (χ3n) is 3.03. The van der Waals surface area contributed by atoms with E-state index in [4.69, 9.17) is 4.74 Å². The van der Waals surface area contributed by atoms with Crippen LogP contribution >= 0.6 is 0 Å². The topological polar surface area (TPSA) is 67.4 Å². The molecule has 2 aromatic carbocycles. The maximum absolute atomic E-state index is 12.8. The summed E-state index contributed by atoms with van der Waals surface area (Å²) in [5.74, 6) is -0.503. The highest BCUT2D eigenvalue weighted by Crippen LogP contribution is 2.13. The molecular weight excluding hydrogens is 311 g/mol. The van der Waals surface area contributed by atoms with Gasteiger partial charge in [-0.3, -0.25) is 0 Å². The molecule has 0 aliphatic carbocycles. The standard InChI is InChI=1S/C18H19FN2O3/c1-12(2)11-24-17(22)13-3-7-15(8-4-13)20-18(23)21-16-9-5-14(19)6-10-16/h3-10,12H,11H2,1-2H3,(H2,20,21,23). The molecule has 0 aliphatic heterocycles. The molecule has 0 aliphatic rings. The molecule has 0 heterocycles. The van der Waals surface area contributed by atoms with Gasteiger partial charge in [0.2, 0.25) is 0 Å². The van der Waals surface area contributed by atoms with Gasteiger partial charge in [-0.25, -0.2) is 14.0 Å². The molecule has 2 rings (SSSR count). The van der Waals surface area contributed by atoms with Gasteiger partial charge < -0.3 is 15.4 Å². The Morgan fingerprint density at radius 1 is 0.958 bits per heavy atom. The number of urea groups is 1. The highest BCUT2D eigenvalue weighted by Gasteiger charge is 2.09. The molecule has 0 saturated carbocycles. The van der Waals surface area contributed by atoms with Crippen molar-refractivity contribution in [1.82, 2.24) is 0 Å². The van der Waals surface area contributed by atoms with Crippen molar-refractivity contribution in [3.8, 4) is 0 Å². The second-order valence-electron chi connectivity index (χ2n) is 5.66. The van der Waals surface area contributed by atoms with Crippen molar-refractivity contribution in [3.05, 3.63) is 59.9 Å². The number of hydrogen-bond acceptors (Lipinski definition) is 3. The first-order chi connectivity index (χ1) is 11.4. The summed E-state index contributed by atoms with van der Waals surface area (Å²) in [4.78, 5) is 23.7. The largest absolute Gasteiger partial charge is 0.462 e. The minimum atomic E-state index is -0.461. The van der Waals surface area contributed by atoms with Crippen LogP contribution in [0.3, 0.4) is 0 Å². The van der Waals surface area contributed by atoms with Crippen molar-refractivity contribution >= 4 is 23.4 Å². The summed E-state index contributed by atoms with van der Waals surface area (Å²) < 4.78 is 17.9. The predicted octanol–water partition coefficient (Wildman–Crippen LogP) is 4.28. The molecule has 2 aromatic rings. The van der Waals surface area contributed by atoms with Gasteiger partial charge in [-0.15, -0.1) is 0 Å². The van der Waals surface area contributed by atoms with E-state index in [-0.39, 0.29) is 11.7 Å². The number of amides is 2. The Kier molecular flexibility index (Phi) is 5.89. The minimum Gasteiger partial charge on any atom is -0.462 e. The molecule has 0 atom stereocenters. The van der Waals surface area contributed by atoms with Crippen LogP contribution in [-0.4, -0.2) is 18.6 Å². The van der Waals surface area contributed by atoms with Gasteiger partial charge in [0.15, 0.2) is 0 Å². The molecule has 126 valence electrons. The molecule has 2 amide bonds. The fraction of sp³-hybridized carbons (Fsp3) is 0.222. The van der Waals surface area contributed by atoms with Crippen LogP contribution in [0.4, 0.5) is 20.6 Å². The number of ether oxygens (including phenoxy) is 1. The maximum Gasteiger partial charge on any atom is 0.338 e. The van der Waals surface area contributed by atoms with Gasteiger partial charge in [0.1, 0.15) is 5.82 Å². The number of halogens is 1. The lowest BCUT2D eigenvalue weighted by atomic mass is 10.2. The summed E-state index contributed by atoms with van der Waals surface area (Å²) in [6, 6.07) is 11.3. The number of rotatable bonds is 5. The van der Waals surface area contributed by atoms with Crippen LogP contribution in [0.2, 0.25) is 0 Å². The van der Waals surface area contributed by atoms with Crippen molar-refractivity contribution in [2.24, 2.45) is 5.92 Å². The van der Waals surface area contributed by atoms with Gasteiger partial charge in [-0.2, -0.15) is 0 Å². The summed E-state index contributed by atoms with van der Waals surface area (Å²) in [5.41, 5.74) is 1.41. The molecule has 2 N–H and O–H groups in total. The van der Waals surface area contributed by atoms with E-state index < -0.39 is 12.0 Å². The van der Waals surface area contributed by atoms with Gasteiger partial charge in [-0.05, 0) is 54.4 Å². The average Bonchev–Trinajstić information content (AvgIpc) is 2.55. The van der Waals surface area contributed by atoms with Crippen molar-refractivity contribution in [1.29, 1.82) is 0 Å². The number of nitrogens with one attached hydrogen (secondary N) is 2. The van der Waals surface area contributed by atoms with Crippen LogP contribution in [0.5, 0.6) is 0 Å². The zero-order valence-electron chi connectivity index (χ0n) is 13.5. The van der Waals surface area contributed by atoms with Crippen LogP contribution in [0, 0.1) is 11.7 Å². The number of carbonyl (C=O) groups is 2. The third-order valence-corrected chi connectivity index (χ3v) is 3.03. The fourth-order valence-electron chi connectivity index (χ4n) is 1.84. The zero-order chi connectivity index (χ0) is 17.5. The minimum absolute atomic E-state index is 0.269. The van der Waals surface area contributed by atoms with Crippen molar-refractivity contribution in [2.75, 3.05) is 17.2 Å². The Labute approximate surface area is 139 Å². The van der Waals surface area contributed by atoms with E-state index >= 15 is 0 Å². The Hall–Kier alpha value is -2.89. The fourth-order valence-corrected chi connectivity index (χ4v) is 1.84. The zero-order valence-corrected chi connectivity index (χ0v) is 13.5. The summed E-state index contributed by atoms with van der Waals surface area (Å²) >= 11 is 0. The first-order valence-electron chi connectivity index (χ1n) is 7.55. The van der Waals surface area contributed by atoms with E-state index in [0.29, 0.717) is 23.5 Å². The van der Waals surface area contributed by atoms with E-state index in [1.165, 1.54) is 24.3 Å². The van der Waals surface area contributed by atoms with Crippen molar-refractivity contribution in [3.63, 3.8) is 0 Å². The number of carbonyl (C=O) groups excluding carboxylic acids is 2. The summed E-state index contributed by atoms with van der Waals surface area (Å²) in [5, 5.41) is 5.20. The first kappa shape index (κ1) is 17.5. The Morgan fingerprint density at radius 2 is 1.46 bits per heavy atom. The van der Waals surface area contributed by atoms with Crippen molar-refractivity contribution < 1.29 is 18.7 Å². The van der Waals surface area contributed by atoms with E-state index in [9.17, 15) is 14.0 Å². The molecule has 0 unspecified atom stereocenters. The lowest BCUT2D eigenvalue weighted by Gasteiger charge is -2.09. The lowest BCUT2D eigenvalue weighted by Crippen LogP contribution is -2.19. The Bertz CT molecular complexity index is 697. The highest BCUT2D eigenvalue weighted by atomic mass is 19.1.